The van der Waals surface area contributed by atoms with Crippen LogP contribution >= 0.6 is 0 Å². The number of carbonyl (C=O) groups is 1. The number of carbonyl (C=O) groups excluding carboxylic acids is 1. The molecule has 21 heavy (non-hydrogen) atoms. The van der Waals surface area contributed by atoms with Crippen LogP contribution in [0.25, 0.3) is 0 Å². The largest absolute Gasteiger partial charge is 0.355 e. The van der Waals surface area contributed by atoms with Crippen molar-refractivity contribution in [2.45, 2.75) is 18.2 Å². The first kappa shape index (κ1) is 15.4. The molecule has 1 atom stereocenters. The number of hydrogen-bond acceptors (Lipinski definition) is 2. The lowest BCUT2D eigenvalue weighted by Crippen LogP contribution is -2.29. The predicted octanol–water partition coefficient (Wildman–Crippen LogP) is 2.46. The Kier molecular flexibility index (Phi) is 5.69. The van der Waals surface area contributed by atoms with Gasteiger partial charge in [-0.3, -0.25) is 9.00 Å². The van der Waals surface area contributed by atoms with E-state index in [1.165, 1.54) is 0 Å². The molecule has 110 valence electrons. The highest BCUT2D eigenvalue weighted by Crippen LogP contribution is 2.06. The molecule has 0 saturated heterocycles. The predicted molar refractivity (Wildman–Crippen MR) is 85.6 cm³/mol. The van der Waals surface area contributed by atoms with E-state index >= 15 is 0 Å². The summed E-state index contributed by atoms with van der Waals surface area (Å²) in [7, 11) is -1.06. The quantitative estimate of drug-likeness (QED) is 0.891. The highest BCUT2D eigenvalue weighted by atomic mass is 32.2. The van der Waals surface area contributed by atoms with E-state index < -0.39 is 10.8 Å². The molecule has 0 spiro atoms. The Hall–Kier alpha value is -1.94. The van der Waals surface area contributed by atoms with Crippen LogP contribution in [0.5, 0.6) is 0 Å². The molecular formula is C17H19NO2S. The Bertz CT molecular complexity index is 626. The summed E-state index contributed by atoms with van der Waals surface area (Å²) in [5, 5.41) is 2.82. The van der Waals surface area contributed by atoms with Crippen molar-refractivity contribution in [3.63, 3.8) is 0 Å². The lowest BCUT2D eigenvalue weighted by Gasteiger charge is -2.06. The van der Waals surface area contributed by atoms with Gasteiger partial charge in [0.1, 0.15) is 0 Å². The number of rotatable bonds is 6. The van der Waals surface area contributed by atoms with Crippen molar-refractivity contribution in [2.24, 2.45) is 0 Å². The van der Waals surface area contributed by atoms with Gasteiger partial charge in [0.25, 0.3) is 0 Å². The molecule has 0 saturated carbocycles. The first-order chi connectivity index (χ1) is 10.1. The van der Waals surface area contributed by atoms with Crippen molar-refractivity contribution in [3.8, 4) is 0 Å². The summed E-state index contributed by atoms with van der Waals surface area (Å²) in [6, 6.07) is 17.2. The van der Waals surface area contributed by atoms with Crippen LogP contribution in [0, 0.1) is 6.92 Å². The van der Waals surface area contributed by atoms with E-state index in [2.05, 4.69) is 5.32 Å². The first-order valence-electron chi connectivity index (χ1n) is 6.91. The van der Waals surface area contributed by atoms with Gasteiger partial charge in [-0.15, -0.1) is 0 Å². The summed E-state index contributed by atoms with van der Waals surface area (Å²) >= 11 is 0. The summed E-state index contributed by atoms with van der Waals surface area (Å²) in [6.07, 6.45) is 0.361. The molecule has 1 N–H and O–H groups in total. The zero-order chi connectivity index (χ0) is 15.1. The van der Waals surface area contributed by atoms with Gasteiger partial charge in [0.2, 0.25) is 5.91 Å². The first-order valence-corrected chi connectivity index (χ1v) is 8.23. The molecule has 2 rings (SSSR count). The molecule has 0 bridgehead atoms. The molecule has 0 heterocycles. The fourth-order valence-electron chi connectivity index (χ4n) is 2.04. The van der Waals surface area contributed by atoms with Gasteiger partial charge in [-0.05, 0) is 24.6 Å². The molecule has 0 aliphatic heterocycles. The van der Waals surface area contributed by atoms with Crippen LogP contribution in [0.15, 0.2) is 59.5 Å². The van der Waals surface area contributed by atoms with Crippen LogP contribution in [-0.4, -0.2) is 22.4 Å². The second kappa shape index (κ2) is 7.74. The third-order valence-corrected chi connectivity index (χ3v) is 4.44. The lowest BCUT2D eigenvalue weighted by atomic mass is 10.1. The average molecular weight is 301 g/mol. The zero-order valence-corrected chi connectivity index (χ0v) is 12.9. The van der Waals surface area contributed by atoms with E-state index in [0.717, 1.165) is 16.0 Å². The van der Waals surface area contributed by atoms with Crippen molar-refractivity contribution in [2.75, 3.05) is 12.3 Å². The molecule has 0 aliphatic rings. The maximum absolute atomic E-state index is 12.0. The number of nitrogens with one attached hydrogen (secondary N) is 1. The van der Waals surface area contributed by atoms with Gasteiger partial charge in [0, 0.05) is 17.2 Å². The number of aryl methyl sites for hydroxylation is 1. The third kappa shape index (κ3) is 5.16. The summed E-state index contributed by atoms with van der Waals surface area (Å²) in [5.74, 6) is 0.398. The Morgan fingerprint density at radius 1 is 1.10 bits per heavy atom. The number of amides is 1. The lowest BCUT2D eigenvalue weighted by molar-refractivity contribution is -0.120. The second-order valence-corrected chi connectivity index (χ2v) is 6.45. The molecule has 4 heteroatoms. The van der Waals surface area contributed by atoms with Crippen LogP contribution < -0.4 is 5.32 Å². The summed E-state index contributed by atoms with van der Waals surface area (Å²) in [6.45, 7) is 2.43. The van der Waals surface area contributed by atoms with Crippen molar-refractivity contribution in [3.05, 3.63) is 65.7 Å². The monoisotopic (exact) mass is 301 g/mol. The van der Waals surface area contributed by atoms with Gasteiger partial charge in [0.15, 0.2) is 0 Å². The molecule has 1 amide bonds. The van der Waals surface area contributed by atoms with Crippen LogP contribution in [0.1, 0.15) is 11.1 Å². The Morgan fingerprint density at radius 2 is 1.86 bits per heavy atom. The molecule has 0 unspecified atom stereocenters. The van der Waals surface area contributed by atoms with Crippen molar-refractivity contribution >= 4 is 16.7 Å². The van der Waals surface area contributed by atoms with E-state index in [9.17, 15) is 9.00 Å². The van der Waals surface area contributed by atoms with Gasteiger partial charge in [0.05, 0.1) is 17.2 Å². The average Bonchev–Trinajstić information content (AvgIpc) is 2.48. The standard InChI is InChI=1S/C17H19NO2S/c1-14-6-5-7-15(12-14)13-17(19)18-10-11-21(20)16-8-3-2-4-9-16/h2-9,12H,10-11,13H2,1H3,(H,18,19)/t21-/m0/s1. The fraction of sp³-hybridized carbons (Fsp3) is 0.235. The molecule has 0 aromatic heterocycles. The molecule has 0 radical (unpaired) electrons. The van der Waals surface area contributed by atoms with Gasteiger partial charge in [-0.25, -0.2) is 0 Å². The second-order valence-electron chi connectivity index (χ2n) is 4.88. The van der Waals surface area contributed by atoms with Gasteiger partial charge < -0.3 is 5.32 Å². The van der Waals surface area contributed by atoms with Crippen molar-refractivity contribution < 1.29 is 9.00 Å². The minimum Gasteiger partial charge on any atom is -0.355 e. The minimum atomic E-state index is -1.06. The zero-order valence-electron chi connectivity index (χ0n) is 12.0. The minimum absolute atomic E-state index is 0.0364. The van der Waals surface area contributed by atoms with E-state index in [1.807, 2.05) is 61.5 Å². The van der Waals surface area contributed by atoms with Crippen molar-refractivity contribution in [1.29, 1.82) is 0 Å². The number of benzene rings is 2. The highest BCUT2D eigenvalue weighted by Gasteiger charge is 2.06. The number of hydrogen-bond donors (Lipinski definition) is 1. The molecule has 2 aromatic carbocycles. The van der Waals surface area contributed by atoms with E-state index in [-0.39, 0.29) is 5.91 Å². The highest BCUT2D eigenvalue weighted by molar-refractivity contribution is 7.85. The van der Waals surface area contributed by atoms with Crippen LogP contribution in [0.3, 0.4) is 0 Å². The maximum Gasteiger partial charge on any atom is 0.224 e. The summed E-state index contributed by atoms with van der Waals surface area (Å²) < 4.78 is 12.0. The van der Waals surface area contributed by atoms with Crippen LogP contribution in [-0.2, 0) is 22.0 Å². The van der Waals surface area contributed by atoms with Crippen LogP contribution in [0.2, 0.25) is 0 Å². The van der Waals surface area contributed by atoms with E-state index in [4.69, 9.17) is 0 Å². The van der Waals surface area contributed by atoms with Gasteiger partial charge in [-0.2, -0.15) is 0 Å². The molecule has 0 aliphatic carbocycles. The smallest absolute Gasteiger partial charge is 0.224 e. The van der Waals surface area contributed by atoms with Gasteiger partial charge in [-0.1, -0.05) is 48.0 Å². The topological polar surface area (TPSA) is 46.2 Å². The SMILES string of the molecule is Cc1cccc(CC(=O)NCC[S@](=O)c2ccccc2)c1. The molecular weight excluding hydrogens is 282 g/mol. The van der Waals surface area contributed by atoms with E-state index in [0.29, 0.717) is 18.7 Å². The Labute approximate surface area is 127 Å². The molecule has 0 fully saturated rings. The Balaban J connectivity index is 1.76. The normalized spacial score (nSPS) is 11.9. The van der Waals surface area contributed by atoms with Gasteiger partial charge >= 0.3 is 0 Å². The molecule has 3 nitrogen and oxygen atoms in total. The van der Waals surface area contributed by atoms with E-state index in [1.54, 1.807) is 0 Å². The Morgan fingerprint density at radius 3 is 2.57 bits per heavy atom. The summed E-state index contributed by atoms with van der Waals surface area (Å²) in [4.78, 5) is 12.6. The maximum atomic E-state index is 12.0. The fourth-order valence-corrected chi connectivity index (χ4v) is 3.03. The molecule has 2 aromatic rings. The van der Waals surface area contributed by atoms with Crippen LogP contribution in [0.4, 0.5) is 0 Å². The third-order valence-electron chi connectivity index (χ3n) is 3.06. The summed E-state index contributed by atoms with van der Waals surface area (Å²) in [5.41, 5.74) is 2.14. The van der Waals surface area contributed by atoms with Crippen molar-refractivity contribution in [1.82, 2.24) is 5.32 Å².